The Morgan fingerprint density at radius 3 is 1.97 bits per heavy atom. The summed E-state index contributed by atoms with van der Waals surface area (Å²) in [5, 5.41) is 3.03. The molecule has 7 heteroatoms. The van der Waals surface area contributed by atoms with E-state index in [-0.39, 0.29) is 23.6 Å². The summed E-state index contributed by atoms with van der Waals surface area (Å²) < 4.78 is 32.3. The first-order chi connectivity index (χ1) is 15.0. The van der Waals surface area contributed by atoms with Gasteiger partial charge in [0.15, 0.2) is 0 Å². The van der Waals surface area contributed by atoms with Crippen molar-refractivity contribution < 1.29 is 23.1 Å². The molecule has 1 aliphatic rings. The van der Waals surface area contributed by atoms with Crippen LogP contribution in [0, 0.1) is 11.6 Å². The van der Waals surface area contributed by atoms with Gasteiger partial charge in [-0.2, -0.15) is 0 Å². The molecular weight excluding hydrogens is 414 g/mol. The number of hydrogen-bond donors (Lipinski definition) is 1. The van der Waals surface area contributed by atoms with Crippen molar-refractivity contribution in [1.29, 1.82) is 0 Å². The van der Waals surface area contributed by atoms with Crippen LogP contribution in [0.4, 0.5) is 13.6 Å². The number of carbonyl (C=O) groups is 2. The van der Waals surface area contributed by atoms with Gasteiger partial charge in [0.2, 0.25) is 5.91 Å². The smallest absolute Gasteiger partial charge is 0.410 e. The van der Waals surface area contributed by atoms with E-state index in [0.717, 1.165) is 5.56 Å². The van der Waals surface area contributed by atoms with Gasteiger partial charge in [-0.05, 0) is 75.9 Å². The summed E-state index contributed by atoms with van der Waals surface area (Å²) in [6.07, 6.45) is 0.338. The van der Waals surface area contributed by atoms with Gasteiger partial charge >= 0.3 is 6.09 Å². The van der Waals surface area contributed by atoms with Gasteiger partial charge in [0, 0.05) is 13.1 Å². The third kappa shape index (κ3) is 5.44. The fourth-order valence-electron chi connectivity index (χ4n) is 3.98. The van der Waals surface area contributed by atoms with E-state index in [1.165, 1.54) is 24.3 Å². The third-order valence-corrected chi connectivity index (χ3v) is 5.82. The fraction of sp³-hybridized carbons (Fsp3) is 0.440. The molecule has 3 rings (SSSR count). The van der Waals surface area contributed by atoms with Crippen LogP contribution in [0.3, 0.4) is 0 Å². The second-order valence-corrected chi connectivity index (χ2v) is 9.30. The van der Waals surface area contributed by atoms with E-state index in [1.807, 2.05) is 27.7 Å². The molecule has 0 aliphatic carbocycles. The summed E-state index contributed by atoms with van der Waals surface area (Å²) in [5.74, 6) is -0.926. The van der Waals surface area contributed by atoms with Crippen LogP contribution in [0.1, 0.15) is 57.7 Å². The number of likely N-dealkylation sites (tertiary alicyclic amines) is 1. The van der Waals surface area contributed by atoms with Gasteiger partial charge in [0.25, 0.3) is 0 Å². The summed E-state index contributed by atoms with van der Waals surface area (Å²) in [7, 11) is 0. The minimum Gasteiger partial charge on any atom is -0.444 e. The van der Waals surface area contributed by atoms with Gasteiger partial charge in [-0.25, -0.2) is 13.6 Å². The van der Waals surface area contributed by atoms with Crippen LogP contribution >= 0.6 is 0 Å². The average molecular weight is 445 g/mol. The molecule has 1 N–H and O–H groups in total. The van der Waals surface area contributed by atoms with Gasteiger partial charge in [0.05, 0.1) is 11.5 Å². The predicted octanol–water partition coefficient (Wildman–Crippen LogP) is 5.11. The maximum Gasteiger partial charge on any atom is 0.410 e. The zero-order valence-electron chi connectivity index (χ0n) is 19.0. The normalized spacial score (nSPS) is 16.9. The largest absolute Gasteiger partial charge is 0.444 e. The Kier molecular flexibility index (Phi) is 6.86. The number of ether oxygens (including phenoxy) is 1. The van der Waals surface area contributed by atoms with E-state index in [9.17, 15) is 18.4 Å². The molecule has 1 aliphatic heterocycles. The lowest BCUT2D eigenvalue weighted by molar-refractivity contribution is -0.129. The van der Waals surface area contributed by atoms with Gasteiger partial charge in [-0.1, -0.05) is 24.3 Å². The molecule has 2 aromatic carbocycles. The summed E-state index contributed by atoms with van der Waals surface area (Å²) in [4.78, 5) is 27.6. The monoisotopic (exact) mass is 444 g/mol. The van der Waals surface area contributed by atoms with Crippen LogP contribution in [0.25, 0.3) is 0 Å². The van der Waals surface area contributed by atoms with Crippen molar-refractivity contribution in [3.63, 3.8) is 0 Å². The zero-order chi connectivity index (χ0) is 23.5. The number of rotatable bonds is 4. The molecule has 1 saturated heterocycles. The zero-order valence-corrected chi connectivity index (χ0v) is 19.0. The number of nitrogens with one attached hydrogen (secondary N) is 1. The summed E-state index contributed by atoms with van der Waals surface area (Å²) in [6, 6.07) is 11.6. The molecule has 1 atom stereocenters. The van der Waals surface area contributed by atoms with E-state index in [2.05, 4.69) is 5.32 Å². The standard InChI is InChI=1S/C25H30F2N2O3/c1-17(18-5-9-20(26)10-6-18)28-22(30)25(19-7-11-21(27)12-8-19)13-15-29(16-14-25)23(31)32-24(2,3)4/h5-12,17H,13-16H2,1-4H3,(H,28,30)/t17-/m0/s1. The third-order valence-electron chi connectivity index (χ3n) is 5.82. The van der Waals surface area contributed by atoms with E-state index in [0.29, 0.717) is 31.5 Å². The summed E-state index contributed by atoms with van der Waals surface area (Å²) in [6.45, 7) is 7.93. The molecule has 0 aromatic heterocycles. The minimum absolute atomic E-state index is 0.204. The van der Waals surface area contributed by atoms with Crippen LogP contribution in [0.2, 0.25) is 0 Å². The second-order valence-electron chi connectivity index (χ2n) is 9.30. The topological polar surface area (TPSA) is 58.6 Å². The molecule has 172 valence electrons. The molecular formula is C25H30F2N2O3. The Bertz CT molecular complexity index is 945. The Balaban J connectivity index is 1.81. The fourth-order valence-corrected chi connectivity index (χ4v) is 3.98. The minimum atomic E-state index is -0.916. The number of benzene rings is 2. The van der Waals surface area contributed by atoms with Gasteiger partial charge in [-0.15, -0.1) is 0 Å². The first-order valence-electron chi connectivity index (χ1n) is 10.8. The maximum atomic E-state index is 13.6. The van der Waals surface area contributed by atoms with Crippen molar-refractivity contribution in [2.45, 2.75) is 57.6 Å². The Morgan fingerprint density at radius 1 is 0.969 bits per heavy atom. The van der Waals surface area contributed by atoms with E-state index in [4.69, 9.17) is 4.74 Å². The number of amides is 2. The molecule has 0 spiro atoms. The molecule has 5 nitrogen and oxygen atoms in total. The average Bonchev–Trinajstić information content (AvgIpc) is 2.73. The van der Waals surface area contributed by atoms with Gasteiger partial charge in [0.1, 0.15) is 17.2 Å². The Hall–Kier alpha value is -2.96. The van der Waals surface area contributed by atoms with Crippen LogP contribution in [0.5, 0.6) is 0 Å². The van der Waals surface area contributed by atoms with Crippen LogP contribution < -0.4 is 5.32 Å². The number of piperidine rings is 1. The van der Waals surface area contributed by atoms with Crippen molar-refractivity contribution in [3.8, 4) is 0 Å². The lowest BCUT2D eigenvalue weighted by Gasteiger charge is -2.41. The van der Waals surface area contributed by atoms with Crippen molar-refractivity contribution >= 4 is 12.0 Å². The molecule has 0 unspecified atom stereocenters. The number of hydrogen-bond acceptors (Lipinski definition) is 3. The summed E-state index contributed by atoms with van der Waals surface area (Å²) >= 11 is 0. The number of halogens is 2. The SMILES string of the molecule is C[C@H](NC(=O)C1(c2ccc(F)cc2)CCN(C(=O)OC(C)(C)C)CC1)c1ccc(F)cc1. The second kappa shape index (κ2) is 9.27. The van der Waals surface area contributed by atoms with Crippen LogP contribution in [-0.2, 0) is 14.9 Å². The maximum absolute atomic E-state index is 13.6. The Morgan fingerprint density at radius 2 is 1.47 bits per heavy atom. The molecule has 2 amide bonds. The van der Waals surface area contributed by atoms with Crippen molar-refractivity contribution in [2.24, 2.45) is 0 Å². The quantitative estimate of drug-likeness (QED) is 0.713. The number of carbonyl (C=O) groups excluding carboxylic acids is 2. The highest BCUT2D eigenvalue weighted by molar-refractivity contribution is 5.89. The first-order valence-corrected chi connectivity index (χ1v) is 10.8. The molecule has 0 saturated carbocycles. The lowest BCUT2D eigenvalue weighted by Crippen LogP contribution is -2.53. The first kappa shape index (κ1) is 23.7. The number of nitrogens with zero attached hydrogens (tertiary/aromatic N) is 1. The summed E-state index contributed by atoms with van der Waals surface area (Å²) in [5.41, 5.74) is -0.0443. The molecule has 2 aromatic rings. The molecule has 0 radical (unpaired) electrons. The highest BCUT2D eigenvalue weighted by atomic mass is 19.1. The highest BCUT2D eigenvalue weighted by Crippen LogP contribution is 2.37. The van der Waals surface area contributed by atoms with Crippen molar-refractivity contribution in [2.75, 3.05) is 13.1 Å². The van der Waals surface area contributed by atoms with Crippen LogP contribution in [0.15, 0.2) is 48.5 Å². The molecule has 32 heavy (non-hydrogen) atoms. The highest BCUT2D eigenvalue weighted by Gasteiger charge is 2.44. The molecule has 0 bridgehead atoms. The van der Waals surface area contributed by atoms with Crippen molar-refractivity contribution in [1.82, 2.24) is 10.2 Å². The van der Waals surface area contributed by atoms with Gasteiger partial charge < -0.3 is 15.0 Å². The Labute approximate surface area is 187 Å². The molecule has 1 heterocycles. The van der Waals surface area contributed by atoms with E-state index >= 15 is 0 Å². The lowest BCUT2D eigenvalue weighted by atomic mass is 9.71. The van der Waals surface area contributed by atoms with Crippen molar-refractivity contribution in [3.05, 3.63) is 71.3 Å². The van der Waals surface area contributed by atoms with Crippen LogP contribution in [-0.4, -0.2) is 35.6 Å². The van der Waals surface area contributed by atoms with E-state index in [1.54, 1.807) is 29.2 Å². The van der Waals surface area contributed by atoms with Gasteiger partial charge in [-0.3, -0.25) is 4.79 Å². The predicted molar refractivity (Wildman–Crippen MR) is 118 cm³/mol. The molecule has 1 fully saturated rings. The van der Waals surface area contributed by atoms with E-state index < -0.39 is 17.1 Å².